The number of H-pyrrole nitrogens is 1. The van der Waals surface area contributed by atoms with Crippen molar-refractivity contribution in [3.63, 3.8) is 0 Å². The molecule has 1 aromatic heterocycles. The van der Waals surface area contributed by atoms with Crippen LogP contribution >= 0.6 is 0 Å². The van der Waals surface area contributed by atoms with Crippen LogP contribution in [0.4, 0.5) is 0 Å². The van der Waals surface area contributed by atoms with Crippen LogP contribution in [-0.2, 0) is 12.8 Å². The van der Waals surface area contributed by atoms with E-state index in [9.17, 15) is 0 Å². The van der Waals surface area contributed by atoms with Gasteiger partial charge in [0.05, 0.1) is 11.0 Å². The van der Waals surface area contributed by atoms with Crippen molar-refractivity contribution in [2.75, 3.05) is 13.6 Å². The van der Waals surface area contributed by atoms with Crippen molar-refractivity contribution in [1.82, 2.24) is 15.3 Å². The zero-order valence-corrected chi connectivity index (χ0v) is 10.0. The number of hydrogen-bond donors (Lipinski definition) is 2. The minimum Gasteiger partial charge on any atom is -0.342 e. The highest BCUT2D eigenvalue weighted by Crippen LogP contribution is 2.14. The first-order chi connectivity index (χ1) is 7.83. The molecule has 0 bridgehead atoms. The molecule has 0 amide bonds. The van der Waals surface area contributed by atoms with E-state index in [-0.39, 0.29) is 0 Å². The molecule has 0 saturated heterocycles. The van der Waals surface area contributed by atoms with Crippen LogP contribution in [0.15, 0.2) is 18.2 Å². The number of imidazole rings is 1. The van der Waals surface area contributed by atoms with Gasteiger partial charge in [-0.1, -0.05) is 13.0 Å². The highest BCUT2D eigenvalue weighted by Gasteiger charge is 2.02. The van der Waals surface area contributed by atoms with Gasteiger partial charge in [0.2, 0.25) is 0 Å². The third kappa shape index (κ3) is 2.42. The Kier molecular flexibility index (Phi) is 3.57. The Bertz CT molecular complexity index is 459. The molecular weight excluding hydrogens is 198 g/mol. The van der Waals surface area contributed by atoms with E-state index in [1.165, 1.54) is 11.1 Å². The fraction of sp³-hybridized carbons (Fsp3) is 0.462. The Labute approximate surface area is 96.3 Å². The van der Waals surface area contributed by atoms with Crippen molar-refractivity contribution < 1.29 is 0 Å². The predicted octanol–water partition coefficient (Wildman–Crippen LogP) is 2.28. The maximum Gasteiger partial charge on any atom is 0.107 e. The number of nitrogens with one attached hydrogen (secondary N) is 2. The molecule has 0 unspecified atom stereocenters. The molecule has 2 rings (SSSR count). The van der Waals surface area contributed by atoms with E-state index < -0.39 is 0 Å². The summed E-state index contributed by atoms with van der Waals surface area (Å²) in [6.07, 6.45) is 3.21. The molecule has 3 nitrogen and oxygen atoms in total. The van der Waals surface area contributed by atoms with Crippen molar-refractivity contribution in [1.29, 1.82) is 0 Å². The number of aryl methyl sites for hydroxylation is 2. The summed E-state index contributed by atoms with van der Waals surface area (Å²) in [4.78, 5) is 7.97. The smallest absolute Gasteiger partial charge is 0.107 e. The van der Waals surface area contributed by atoms with Crippen LogP contribution in [0.1, 0.15) is 24.7 Å². The average molecular weight is 217 g/mol. The minimum atomic E-state index is 1.01. The summed E-state index contributed by atoms with van der Waals surface area (Å²) in [5, 5.41) is 3.15. The number of aromatic nitrogens is 2. The lowest BCUT2D eigenvalue weighted by Gasteiger charge is -1.95. The van der Waals surface area contributed by atoms with Crippen LogP contribution in [0.3, 0.4) is 0 Å². The Hall–Kier alpha value is -1.35. The molecule has 0 fully saturated rings. The molecule has 0 spiro atoms. The number of benzene rings is 1. The van der Waals surface area contributed by atoms with E-state index in [1.807, 2.05) is 7.05 Å². The fourth-order valence-electron chi connectivity index (χ4n) is 1.88. The van der Waals surface area contributed by atoms with E-state index in [1.54, 1.807) is 0 Å². The molecule has 1 heterocycles. The predicted molar refractivity (Wildman–Crippen MR) is 67.7 cm³/mol. The molecule has 3 heteroatoms. The Morgan fingerprint density at radius 2 is 2.25 bits per heavy atom. The van der Waals surface area contributed by atoms with Gasteiger partial charge >= 0.3 is 0 Å². The summed E-state index contributed by atoms with van der Waals surface area (Å²) >= 11 is 0. The van der Waals surface area contributed by atoms with Gasteiger partial charge in [-0.3, -0.25) is 0 Å². The zero-order valence-electron chi connectivity index (χ0n) is 10.0. The highest BCUT2D eigenvalue weighted by atomic mass is 14.9. The molecule has 0 radical (unpaired) electrons. The quantitative estimate of drug-likeness (QED) is 0.754. The second kappa shape index (κ2) is 5.12. The molecule has 86 valence electrons. The maximum atomic E-state index is 4.58. The summed E-state index contributed by atoms with van der Waals surface area (Å²) in [7, 11) is 1.98. The molecular formula is C13H19N3. The largest absolute Gasteiger partial charge is 0.342 e. The summed E-state index contributed by atoms with van der Waals surface area (Å²) < 4.78 is 0. The van der Waals surface area contributed by atoms with Crippen LogP contribution in [0, 0.1) is 0 Å². The van der Waals surface area contributed by atoms with Crippen molar-refractivity contribution in [2.45, 2.75) is 26.2 Å². The Morgan fingerprint density at radius 1 is 1.38 bits per heavy atom. The molecule has 0 aliphatic carbocycles. The van der Waals surface area contributed by atoms with Crippen molar-refractivity contribution in [2.24, 2.45) is 0 Å². The van der Waals surface area contributed by atoms with Gasteiger partial charge in [0.15, 0.2) is 0 Å². The molecule has 0 atom stereocenters. The van der Waals surface area contributed by atoms with Crippen molar-refractivity contribution >= 4 is 11.0 Å². The lowest BCUT2D eigenvalue weighted by Crippen LogP contribution is -2.08. The summed E-state index contributed by atoms with van der Waals surface area (Å²) in [5.74, 6) is 1.10. The summed E-state index contributed by atoms with van der Waals surface area (Å²) in [5.41, 5.74) is 3.60. The first-order valence-electron chi connectivity index (χ1n) is 5.95. The normalized spacial score (nSPS) is 11.1. The van der Waals surface area contributed by atoms with Gasteiger partial charge in [-0.15, -0.1) is 0 Å². The lowest BCUT2D eigenvalue weighted by atomic mass is 10.1. The summed E-state index contributed by atoms with van der Waals surface area (Å²) in [6.45, 7) is 3.21. The van der Waals surface area contributed by atoms with Gasteiger partial charge in [-0.05, 0) is 44.1 Å². The van der Waals surface area contributed by atoms with Crippen LogP contribution in [0.25, 0.3) is 11.0 Å². The molecule has 2 aromatic rings. The van der Waals surface area contributed by atoms with Crippen molar-refractivity contribution in [3.05, 3.63) is 29.6 Å². The third-order valence-corrected chi connectivity index (χ3v) is 2.84. The second-order valence-electron chi connectivity index (χ2n) is 4.10. The van der Waals surface area contributed by atoms with Crippen molar-refractivity contribution in [3.8, 4) is 0 Å². The number of hydrogen-bond acceptors (Lipinski definition) is 2. The molecule has 2 N–H and O–H groups in total. The Balaban J connectivity index is 2.16. The van der Waals surface area contributed by atoms with Gasteiger partial charge in [-0.25, -0.2) is 4.98 Å². The highest BCUT2D eigenvalue weighted by molar-refractivity contribution is 5.75. The zero-order chi connectivity index (χ0) is 11.4. The first-order valence-corrected chi connectivity index (χ1v) is 5.95. The number of fused-ring (bicyclic) bond motifs is 1. The molecule has 1 aromatic carbocycles. The lowest BCUT2D eigenvalue weighted by molar-refractivity contribution is 0.709. The molecule has 0 aliphatic heterocycles. The average Bonchev–Trinajstić information content (AvgIpc) is 2.70. The number of nitrogens with zero attached hydrogens (tertiary/aromatic N) is 1. The van der Waals surface area contributed by atoms with E-state index in [4.69, 9.17) is 0 Å². The van der Waals surface area contributed by atoms with E-state index in [0.29, 0.717) is 0 Å². The molecule has 0 saturated carbocycles. The van der Waals surface area contributed by atoms with E-state index in [2.05, 4.69) is 40.4 Å². The number of aromatic amines is 1. The first kappa shape index (κ1) is 11.1. The maximum absolute atomic E-state index is 4.58. The number of rotatable bonds is 5. The minimum absolute atomic E-state index is 1.01. The van der Waals surface area contributed by atoms with Gasteiger partial charge in [0.1, 0.15) is 5.82 Å². The van der Waals surface area contributed by atoms with Gasteiger partial charge in [0, 0.05) is 6.42 Å². The van der Waals surface area contributed by atoms with Gasteiger partial charge in [-0.2, -0.15) is 0 Å². The van der Waals surface area contributed by atoms with Gasteiger partial charge in [0.25, 0.3) is 0 Å². The second-order valence-corrected chi connectivity index (χ2v) is 4.10. The Morgan fingerprint density at radius 3 is 3.00 bits per heavy atom. The SMILES string of the molecule is CCc1ccc2nc(CCCNC)[nH]c2c1. The summed E-state index contributed by atoms with van der Waals surface area (Å²) in [6, 6.07) is 6.46. The van der Waals surface area contributed by atoms with Crippen LogP contribution in [0.2, 0.25) is 0 Å². The monoisotopic (exact) mass is 217 g/mol. The third-order valence-electron chi connectivity index (χ3n) is 2.84. The van der Waals surface area contributed by atoms with E-state index >= 15 is 0 Å². The topological polar surface area (TPSA) is 40.7 Å². The van der Waals surface area contributed by atoms with Gasteiger partial charge < -0.3 is 10.3 Å². The van der Waals surface area contributed by atoms with E-state index in [0.717, 1.165) is 37.1 Å². The fourth-order valence-corrected chi connectivity index (χ4v) is 1.88. The van der Waals surface area contributed by atoms with Crippen LogP contribution in [0.5, 0.6) is 0 Å². The van der Waals surface area contributed by atoms with Crippen LogP contribution in [-0.4, -0.2) is 23.6 Å². The molecule has 0 aliphatic rings. The molecule has 16 heavy (non-hydrogen) atoms. The standard InChI is InChI=1S/C13H19N3/c1-3-10-6-7-11-12(9-10)16-13(15-11)5-4-8-14-2/h6-7,9,14H,3-5,8H2,1-2H3,(H,15,16). The van der Waals surface area contributed by atoms with Crippen LogP contribution < -0.4 is 5.32 Å².